The number of aliphatic hydroxyl groups is 2. The Balaban J connectivity index is 2.62. The Bertz CT molecular complexity index is 193. The highest BCUT2D eigenvalue weighted by Gasteiger charge is 2.44. The van der Waals surface area contributed by atoms with Gasteiger partial charge in [-0.1, -0.05) is 6.92 Å². The highest BCUT2D eigenvalue weighted by Crippen LogP contribution is 2.24. The van der Waals surface area contributed by atoms with Gasteiger partial charge in [0, 0.05) is 6.92 Å². The van der Waals surface area contributed by atoms with E-state index in [1.54, 1.807) is 0 Å². The van der Waals surface area contributed by atoms with Gasteiger partial charge in [-0.25, -0.2) is 0 Å². The van der Waals surface area contributed by atoms with Crippen molar-refractivity contribution in [3.05, 3.63) is 0 Å². The molecule has 0 aromatic heterocycles. The predicted molar refractivity (Wildman–Crippen MR) is 42.7 cm³/mol. The number of hydrogen-bond acceptors (Lipinski definition) is 5. The van der Waals surface area contributed by atoms with Crippen molar-refractivity contribution in [2.45, 2.75) is 44.9 Å². The van der Waals surface area contributed by atoms with Crippen LogP contribution in [0.5, 0.6) is 0 Å². The number of aliphatic hydroxyl groups excluding tert-OH is 2. The Labute approximate surface area is 76.3 Å². The summed E-state index contributed by atoms with van der Waals surface area (Å²) in [7, 11) is 0. The van der Waals surface area contributed by atoms with Gasteiger partial charge in [-0.3, -0.25) is 4.79 Å². The number of rotatable bonds is 2. The molecule has 0 aliphatic carbocycles. The molecule has 0 saturated carbocycles. The van der Waals surface area contributed by atoms with Crippen LogP contribution in [0.25, 0.3) is 0 Å². The fraction of sp³-hybridized carbons (Fsp3) is 0.875. The summed E-state index contributed by atoms with van der Waals surface area (Å²) in [5.74, 6) is -0.486. The third-order valence-corrected chi connectivity index (χ3v) is 2.01. The van der Waals surface area contributed by atoms with Crippen LogP contribution in [0.3, 0.4) is 0 Å². The molecule has 1 unspecified atom stereocenters. The van der Waals surface area contributed by atoms with Gasteiger partial charge in [-0.05, 0) is 6.42 Å². The number of ether oxygens (including phenoxy) is 2. The molecule has 1 rings (SSSR count). The van der Waals surface area contributed by atoms with Crippen molar-refractivity contribution in [3.63, 3.8) is 0 Å². The third kappa shape index (κ3) is 2.18. The van der Waals surface area contributed by atoms with E-state index in [-0.39, 0.29) is 0 Å². The number of carbonyl (C=O) groups is 1. The van der Waals surface area contributed by atoms with Crippen molar-refractivity contribution in [3.8, 4) is 0 Å². The van der Waals surface area contributed by atoms with Gasteiger partial charge in [0.15, 0.2) is 12.4 Å². The molecule has 5 nitrogen and oxygen atoms in total. The summed E-state index contributed by atoms with van der Waals surface area (Å²) in [6.07, 6.45) is -3.00. The van der Waals surface area contributed by atoms with Gasteiger partial charge in [0.2, 0.25) is 0 Å². The summed E-state index contributed by atoms with van der Waals surface area (Å²) in [6, 6.07) is 0. The smallest absolute Gasteiger partial charge is 0.303 e. The van der Waals surface area contributed by atoms with Gasteiger partial charge in [0.05, 0.1) is 0 Å². The Morgan fingerprint density at radius 2 is 2.15 bits per heavy atom. The molecular weight excluding hydrogens is 176 g/mol. The average molecular weight is 190 g/mol. The van der Waals surface area contributed by atoms with Gasteiger partial charge in [0.25, 0.3) is 0 Å². The first kappa shape index (κ1) is 10.4. The molecule has 0 aromatic rings. The van der Waals surface area contributed by atoms with Crippen LogP contribution in [-0.2, 0) is 14.3 Å². The minimum atomic E-state index is -1.26. The van der Waals surface area contributed by atoms with Crippen molar-refractivity contribution in [1.82, 2.24) is 0 Å². The lowest BCUT2D eigenvalue weighted by molar-refractivity contribution is -0.153. The lowest BCUT2D eigenvalue weighted by atomic mass is 10.1. The lowest BCUT2D eigenvalue weighted by Crippen LogP contribution is -2.36. The van der Waals surface area contributed by atoms with Crippen molar-refractivity contribution < 1.29 is 24.5 Å². The highest BCUT2D eigenvalue weighted by molar-refractivity contribution is 5.66. The van der Waals surface area contributed by atoms with Gasteiger partial charge in [-0.15, -0.1) is 0 Å². The SMILES string of the molecule is CC[C@H]1OC(O)[C@H](O)[C@@H]1OC(C)=O. The molecule has 1 heterocycles. The Morgan fingerprint density at radius 3 is 2.62 bits per heavy atom. The molecule has 0 bridgehead atoms. The summed E-state index contributed by atoms with van der Waals surface area (Å²) in [5.41, 5.74) is 0. The van der Waals surface area contributed by atoms with E-state index in [1.165, 1.54) is 6.92 Å². The van der Waals surface area contributed by atoms with E-state index >= 15 is 0 Å². The van der Waals surface area contributed by atoms with Crippen LogP contribution >= 0.6 is 0 Å². The summed E-state index contributed by atoms with van der Waals surface area (Å²) < 4.78 is 9.79. The molecule has 4 atom stereocenters. The Morgan fingerprint density at radius 1 is 1.54 bits per heavy atom. The Hall–Kier alpha value is -0.650. The molecular formula is C8H14O5. The van der Waals surface area contributed by atoms with E-state index in [0.717, 1.165) is 0 Å². The van der Waals surface area contributed by atoms with Crippen LogP contribution in [0.1, 0.15) is 20.3 Å². The van der Waals surface area contributed by atoms with Crippen molar-refractivity contribution in [2.75, 3.05) is 0 Å². The number of esters is 1. The zero-order valence-electron chi connectivity index (χ0n) is 7.64. The van der Waals surface area contributed by atoms with Crippen LogP contribution in [0.15, 0.2) is 0 Å². The van der Waals surface area contributed by atoms with Gasteiger partial charge in [0.1, 0.15) is 12.2 Å². The van der Waals surface area contributed by atoms with Crippen LogP contribution < -0.4 is 0 Å². The maximum atomic E-state index is 10.6. The zero-order valence-corrected chi connectivity index (χ0v) is 7.64. The van der Waals surface area contributed by atoms with E-state index < -0.39 is 30.6 Å². The first-order valence-corrected chi connectivity index (χ1v) is 4.25. The van der Waals surface area contributed by atoms with Gasteiger partial charge < -0.3 is 19.7 Å². The summed E-state index contributed by atoms with van der Waals surface area (Å²) in [5, 5.41) is 18.5. The highest BCUT2D eigenvalue weighted by atomic mass is 16.7. The molecule has 1 saturated heterocycles. The van der Waals surface area contributed by atoms with Crippen LogP contribution in [-0.4, -0.2) is 40.8 Å². The van der Waals surface area contributed by atoms with E-state index in [2.05, 4.69) is 0 Å². The predicted octanol–water partition coefficient (Wildman–Crippen LogP) is -0.594. The molecule has 1 fully saturated rings. The van der Waals surface area contributed by atoms with Crippen LogP contribution in [0.2, 0.25) is 0 Å². The third-order valence-electron chi connectivity index (χ3n) is 2.01. The minimum absolute atomic E-state index is 0.422. The zero-order chi connectivity index (χ0) is 10.0. The normalized spacial score (nSPS) is 39.1. The topological polar surface area (TPSA) is 76.0 Å². The molecule has 13 heavy (non-hydrogen) atoms. The largest absolute Gasteiger partial charge is 0.457 e. The maximum Gasteiger partial charge on any atom is 0.303 e. The molecule has 5 heteroatoms. The quantitative estimate of drug-likeness (QED) is 0.569. The first-order valence-electron chi connectivity index (χ1n) is 4.25. The van der Waals surface area contributed by atoms with Crippen molar-refractivity contribution in [1.29, 1.82) is 0 Å². The fourth-order valence-corrected chi connectivity index (χ4v) is 1.38. The minimum Gasteiger partial charge on any atom is -0.457 e. The number of carbonyl (C=O) groups excluding carboxylic acids is 1. The molecule has 0 spiro atoms. The van der Waals surface area contributed by atoms with Crippen LogP contribution in [0.4, 0.5) is 0 Å². The van der Waals surface area contributed by atoms with Crippen LogP contribution in [0, 0.1) is 0 Å². The standard InChI is InChI=1S/C8H14O5/c1-3-5-7(12-4(2)9)6(10)8(11)13-5/h5-8,10-11H,3H2,1-2H3/t5-,6-,7-,8?/m1/s1. The summed E-state index contributed by atoms with van der Waals surface area (Å²) >= 11 is 0. The molecule has 0 aromatic carbocycles. The second-order valence-corrected chi connectivity index (χ2v) is 3.04. The van der Waals surface area contributed by atoms with E-state index in [1.807, 2.05) is 6.92 Å². The fourth-order valence-electron chi connectivity index (χ4n) is 1.38. The second kappa shape index (κ2) is 4.04. The lowest BCUT2D eigenvalue weighted by Gasteiger charge is -2.17. The van der Waals surface area contributed by atoms with E-state index in [4.69, 9.17) is 14.6 Å². The number of hydrogen-bond donors (Lipinski definition) is 2. The van der Waals surface area contributed by atoms with Gasteiger partial charge >= 0.3 is 5.97 Å². The van der Waals surface area contributed by atoms with Crippen molar-refractivity contribution in [2.24, 2.45) is 0 Å². The average Bonchev–Trinajstić information content (AvgIpc) is 2.31. The monoisotopic (exact) mass is 190 g/mol. The molecule has 1 aliphatic heterocycles. The molecule has 76 valence electrons. The second-order valence-electron chi connectivity index (χ2n) is 3.04. The summed E-state index contributed by atoms with van der Waals surface area (Å²) in [6.45, 7) is 3.08. The Kier molecular flexibility index (Phi) is 3.24. The van der Waals surface area contributed by atoms with Crippen molar-refractivity contribution >= 4 is 5.97 Å². The molecule has 0 radical (unpaired) electrons. The van der Waals surface area contributed by atoms with Gasteiger partial charge in [-0.2, -0.15) is 0 Å². The van der Waals surface area contributed by atoms with E-state index in [9.17, 15) is 9.90 Å². The van der Waals surface area contributed by atoms with E-state index in [0.29, 0.717) is 6.42 Å². The molecule has 2 N–H and O–H groups in total. The molecule has 1 aliphatic rings. The maximum absolute atomic E-state index is 10.6. The summed E-state index contributed by atoms with van der Waals surface area (Å²) in [4.78, 5) is 10.6. The first-order chi connectivity index (χ1) is 6.06. The molecule has 0 amide bonds.